The van der Waals surface area contributed by atoms with Crippen LogP contribution in [0.5, 0.6) is 0 Å². The molecule has 0 aliphatic rings. The molecule has 0 amide bonds. The Hall–Kier alpha value is -0.970. The Morgan fingerprint density at radius 2 is 1.93 bits per heavy atom. The second-order valence-electron chi connectivity index (χ2n) is 2.85. The molecular weight excluding hydrogens is 258 g/mol. The Morgan fingerprint density at radius 1 is 1.43 bits per heavy atom. The number of carboxylic acids is 1. The van der Waals surface area contributed by atoms with Crippen molar-refractivity contribution in [2.75, 3.05) is 0 Å². The molecule has 0 saturated carbocycles. The van der Waals surface area contributed by atoms with Gasteiger partial charge >= 0.3 is 5.97 Å². The number of carboxylic acid groups (broad SMARTS) is 1. The molecule has 1 atom stereocenters. The van der Waals surface area contributed by atoms with Gasteiger partial charge in [-0.2, -0.15) is 0 Å². The molecule has 1 unspecified atom stereocenters. The van der Waals surface area contributed by atoms with Crippen LogP contribution in [0.4, 0.5) is 8.78 Å². The minimum absolute atomic E-state index is 0.219. The van der Waals surface area contributed by atoms with E-state index in [2.05, 4.69) is 15.9 Å². The smallest absolute Gasteiger partial charge is 0.310 e. The lowest BCUT2D eigenvalue weighted by atomic mass is 10.0. The summed E-state index contributed by atoms with van der Waals surface area (Å²) in [4.78, 5) is 10.6. The van der Waals surface area contributed by atoms with Crippen LogP contribution in [0.15, 0.2) is 16.6 Å². The molecule has 1 aromatic carbocycles. The Morgan fingerprint density at radius 3 is 2.43 bits per heavy atom. The van der Waals surface area contributed by atoms with Crippen molar-refractivity contribution >= 4 is 21.9 Å². The first-order valence-corrected chi connectivity index (χ1v) is 4.60. The van der Waals surface area contributed by atoms with Crippen molar-refractivity contribution in [3.63, 3.8) is 0 Å². The zero-order valence-corrected chi connectivity index (χ0v) is 8.81. The highest BCUT2D eigenvalue weighted by atomic mass is 79.9. The van der Waals surface area contributed by atoms with Crippen molar-refractivity contribution in [3.8, 4) is 0 Å². The van der Waals surface area contributed by atoms with Crippen molar-refractivity contribution in [3.05, 3.63) is 33.8 Å². The van der Waals surface area contributed by atoms with Gasteiger partial charge in [0.25, 0.3) is 0 Å². The highest BCUT2D eigenvalue weighted by molar-refractivity contribution is 9.10. The van der Waals surface area contributed by atoms with E-state index in [0.717, 1.165) is 12.1 Å². The Bertz CT molecular complexity index is 379. The molecule has 0 aliphatic heterocycles. The van der Waals surface area contributed by atoms with E-state index < -0.39 is 23.5 Å². The van der Waals surface area contributed by atoms with Gasteiger partial charge in [0.1, 0.15) is 0 Å². The molecule has 1 N–H and O–H groups in total. The lowest BCUT2D eigenvalue weighted by Gasteiger charge is -2.09. The van der Waals surface area contributed by atoms with Gasteiger partial charge in [-0.3, -0.25) is 4.79 Å². The molecule has 0 bridgehead atoms. The molecule has 0 radical (unpaired) electrons. The number of aliphatic carboxylic acids is 1. The highest BCUT2D eigenvalue weighted by Gasteiger charge is 2.19. The summed E-state index contributed by atoms with van der Waals surface area (Å²) in [5, 5.41) is 8.68. The average molecular weight is 265 g/mol. The summed E-state index contributed by atoms with van der Waals surface area (Å²) in [7, 11) is 0. The average Bonchev–Trinajstić information content (AvgIpc) is 2.10. The van der Waals surface area contributed by atoms with Gasteiger partial charge in [-0.05, 0) is 24.6 Å². The quantitative estimate of drug-likeness (QED) is 0.835. The number of rotatable bonds is 2. The molecule has 76 valence electrons. The van der Waals surface area contributed by atoms with Crippen molar-refractivity contribution < 1.29 is 18.7 Å². The van der Waals surface area contributed by atoms with Gasteiger partial charge in [0, 0.05) is 4.47 Å². The standard InChI is InChI=1S/C9H7BrF2O2/c1-4(9(13)14)5-2-7(11)8(12)3-6(5)10/h2-4H,1H3,(H,13,14). The van der Waals surface area contributed by atoms with E-state index in [1.807, 2.05) is 0 Å². The summed E-state index contributed by atoms with van der Waals surface area (Å²) in [6.07, 6.45) is 0. The number of hydrogen-bond donors (Lipinski definition) is 1. The fourth-order valence-corrected chi connectivity index (χ4v) is 1.66. The second kappa shape index (κ2) is 4.04. The minimum Gasteiger partial charge on any atom is -0.481 e. The zero-order valence-electron chi connectivity index (χ0n) is 7.22. The van der Waals surface area contributed by atoms with E-state index in [9.17, 15) is 13.6 Å². The third-order valence-electron chi connectivity index (χ3n) is 1.88. The fourth-order valence-electron chi connectivity index (χ4n) is 1.00. The first-order chi connectivity index (χ1) is 6.43. The van der Waals surface area contributed by atoms with Crippen molar-refractivity contribution in [2.24, 2.45) is 0 Å². The van der Waals surface area contributed by atoms with Crippen LogP contribution in [0.3, 0.4) is 0 Å². The Balaban J connectivity index is 3.22. The molecule has 14 heavy (non-hydrogen) atoms. The van der Waals surface area contributed by atoms with Crippen molar-refractivity contribution in [1.82, 2.24) is 0 Å². The number of carbonyl (C=O) groups is 1. The monoisotopic (exact) mass is 264 g/mol. The molecule has 5 heteroatoms. The van der Waals surface area contributed by atoms with E-state index in [-0.39, 0.29) is 10.0 Å². The van der Waals surface area contributed by atoms with E-state index in [1.165, 1.54) is 6.92 Å². The van der Waals surface area contributed by atoms with E-state index in [0.29, 0.717) is 0 Å². The van der Waals surface area contributed by atoms with Crippen molar-refractivity contribution in [1.29, 1.82) is 0 Å². The summed E-state index contributed by atoms with van der Waals surface area (Å²) >= 11 is 2.98. The van der Waals surface area contributed by atoms with Gasteiger partial charge < -0.3 is 5.11 Å². The molecule has 1 aromatic rings. The number of halogens is 3. The van der Waals surface area contributed by atoms with E-state index in [1.54, 1.807) is 0 Å². The largest absolute Gasteiger partial charge is 0.481 e. The topological polar surface area (TPSA) is 37.3 Å². The maximum absolute atomic E-state index is 12.8. The molecule has 0 aliphatic carbocycles. The molecule has 0 saturated heterocycles. The highest BCUT2D eigenvalue weighted by Crippen LogP contribution is 2.27. The fraction of sp³-hybridized carbons (Fsp3) is 0.222. The van der Waals surface area contributed by atoms with E-state index >= 15 is 0 Å². The SMILES string of the molecule is CC(C(=O)O)c1cc(F)c(F)cc1Br. The normalized spacial score (nSPS) is 12.6. The summed E-state index contributed by atoms with van der Waals surface area (Å²) in [5.74, 6) is -4.01. The third-order valence-corrected chi connectivity index (χ3v) is 2.56. The van der Waals surface area contributed by atoms with E-state index in [4.69, 9.17) is 5.11 Å². The molecule has 0 fully saturated rings. The Kier molecular flexibility index (Phi) is 3.21. The maximum atomic E-state index is 12.8. The predicted octanol–water partition coefficient (Wildman–Crippen LogP) is 2.92. The third kappa shape index (κ3) is 2.09. The summed E-state index contributed by atoms with van der Waals surface area (Å²) < 4.78 is 25.7. The van der Waals surface area contributed by atoms with Crippen molar-refractivity contribution in [2.45, 2.75) is 12.8 Å². The zero-order chi connectivity index (χ0) is 10.9. The van der Waals surface area contributed by atoms with Gasteiger partial charge in [-0.25, -0.2) is 8.78 Å². The first kappa shape index (κ1) is 11.1. The number of benzene rings is 1. The maximum Gasteiger partial charge on any atom is 0.310 e. The number of hydrogen-bond acceptors (Lipinski definition) is 1. The molecular formula is C9H7BrF2O2. The molecule has 0 aromatic heterocycles. The summed E-state index contributed by atoms with van der Waals surface area (Å²) in [5.41, 5.74) is 0.219. The second-order valence-corrected chi connectivity index (χ2v) is 3.70. The summed E-state index contributed by atoms with van der Waals surface area (Å²) in [6.45, 7) is 1.40. The van der Waals surface area contributed by atoms with Gasteiger partial charge in [0.2, 0.25) is 0 Å². The molecule has 0 heterocycles. The van der Waals surface area contributed by atoms with Crippen LogP contribution in [0, 0.1) is 11.6 Å². The lowest BCUT2D eigenvalue weighted by molar-refractivity contribution is -0.138. The van der Waals surface area contributed by atoms with Gasteiger partial charge in [0.05, 0.1) is 5.92 Å². The Labute approximate surface area is 87.7 Å². The van der Waals surface area contributed by atoms with Crippen LogP contribution in [0.2, 0.25) is 0 Å². The molecule has 2 nitrogen and oxygen atoms in total. The van der Waals surface area contributed by atoms with Gasteiger partial charge in [0.15, 0.2) is 11.6 Å². The van der Waals surface area contributed by atoms with Gasteiger partial charge in [-0.15, -0.1) is 0 Å². The van der Waals surface area contributed by atoms with Crippen LogP contribution in [-0.4, -0.2) is 11.1 Å². The minimum atomic E-state index is -1.09. The lowest BCUT2D eigenvalue weighted by Crippen LogP contribution is -2.08. The van der Waals surface area contributed by atoms with Crippen LogP contribution in [-0.2, 0) is 4.79 Å². The molecule has 0 spiro atoms. The van der Waals surface area contributed by atoms with Crippen LogP contribution < -0.4 is 0 Å². The first-order valence-electron chi connectivity index (χ1n) is 3.80. The summed E-state index contributed by atoms with van der Waals surface area (Å²) in [6, 6.07) is 1.81. The predicted molar refractivity (Wildman–Crippen MR) is 50.1 cm³/mol. The van der Waals surface area contributed by atoms with Gasteiger partial charge in [-0.1, -0.05) is 15.9 Å². The van der Waals surface area contributed by atoms with Crippen LogP contribution >= 0.6 is 15.9 Å². The van der Waals surface area contributed by atoms with Crippen LogP contribution in [0.1, 0.15) is 18.4 Å². The van der Waals surface area contributed by atoms with Crippen LogP contribution in [0.25, 0.3) is 0 Å². The molecule has 1 rings (SSSR count).